The zero-order chi connectivity index (χ0) is 13.1. The first-order valence-corrected chi connectivity index (χ1v) is 7.40. The molecule has 1 aliphatic carbocycles. The SMILES string of the molecule is O=C(O)CCN(Cc1ncc(Br)cc1Br)C1CC1. The number of rotatable bonds is 6. The molecular weight excluding hydrogens is 364 g/mol. The van der Waals surface area contributed by atoms with Gasteiger partial charge in [-0.1, -0.05) is 0 Å². The molecule has 2 rings (SSSR count). The summed E-state index contributed by atoms with van der Waals surface area (Å²) < 4.78 is 1.89. The second-order valence-corrected chi connectivity index (χ2v) is 6.20. The van der Waals surface area contributed by atoms with E-state index in [0.717, 1.165) is 27.5 Å². The zero-order valence-electron chi connectivity index (χ0n) is 9.77. The highest BCUT2D eigenvalue weighted by atomic mass is 79.9. The number of carboxylic acids is 1. The van der Waals surface area contributed by atoms with Crippen LogP contribution in [0.1, 0.15) is 25.0 Å². The predicted octanol–water partition coefficient (Wildman–Crippen LogP) is 3.05. The smallest absolute Gasteiger partial charge is 0.304 e. The van der Waals surface area contributed by atoms with E-state index < -0.39 is 5.97 Å². The molecule has 6 heteroatoms. The molecule has 0 amide bonds. The van der Waals surface area contributed by atoms with Gasteiger partial charge in [-0.25, -0.2) is 0 Å². The van der Waals surface area contributed by atoms with E-state index in [2.05, 4.69) is 41.7 Å². The molecule has 0 radical (unpaired) electrons. The summed E-state index contributed by atoms with van der Waals surface area (Å²) in [6.45, 7) is 1.29. The van der Waals surface area contributed by atoms with Gasteiger partial charge in [0, 0.05) is 34.3 Å². The summed E-state index contributed by atoms with van der Waals surface area (Å²) >= 11 is 6.86. The number of nitrogens with zero attached hydrogens (tertiary/aromatic N) is 2. The fourth-order valence-corrected chi connectivity index (χ4v) is 2.93. The Kier molecular flexibility index (Phi) is 4.75. The van der Waals surface area contributed by atoms with Gasteiger partial charge in [-0.05, 0) is 50.8 Å². The number of hydrogen-bond acceptors (Lipinski definition) is 3. The fraction of sp³-hybridized carbons (Fsp3) is 0.500. The van der Waals surface area contributed by atoms with Crippen molar-refractivity contribution in [3.63, 3.8) is 0 Å². The minimum Gasteiger partial charge on any atom is -0.481 e. The molecule has 1 aromatic rings. The van der Waals surface area contributed by atoms with Crippen LogP contribution in [0.5, 0.6) is 0 Å². The molecule has 0 aromatic carbocycles. The average molecular weight is 378 g/mol. The normalized spacial score (nSPS) is 15.1. The Morgan fingerprint density at radius 1 is 1.50 bits per heavy atom. The number of aliphatic carboxylic acids is 1. The van der Waals surface area contributed by atoms with E-state index in [9.17, 15) is 4.79 Å². The summed E-state index contributed by atoms with van der Waals surface area (Å²) in [5.74, 6) is -0.747. The van der Waals surface area contributed by atoms with Crippen molar-refractivity contribution in [1.82, 2.24) is 9.88 Å². The first kappa shape index (κ1) is 14.0. The highest BCUT2D eigenvalue weighted by molar-refractivity contribution is 9.11. The lowest BCUT2D eigenvalue weighted by atomic mass is 10.3. The van der Waals surface area contributed by atoms with Gasteiger partial charge in [0.1, 0.15) is 0 Å². The molecule has 1 heterocycles. The molecule has 1 fully saturated rings. The zero-order valence-corrected chi connectivity index (χ0v) is 12.9. The van der Waals surface area contributed by atoms with Crippen molar-refractivity contribution in [3.05, 3.63) is 26.9 Å². The van der Waals surface area contributed by atoms with Crippen molar-refractivity contribution < 1.29 is 9.90 Å². The van der Waals surface area contributed by atoms with Crippen LogP contribution < -0.4 is 0 Å². The third kappa shape index (κ3) is 4.03. The van der Waals surface area contributed by atoms with Crippen LogP contribution in [0.2, 0.25) is 0 Å². The lowest BCUT2D eigenvalue weighted by molar-refractivity contribution is -0.137. The average Bonchev–Trinajstić information content (AvgIpc) is 3.10. The minimum atomic E-state index is -0.747. The molecule has 98 valence electrons. The van der Waals surface area contributed by atoms with Crippen LogP contribution >= 0.6 is 31.9 Å². The Balaban J connectivity index is 2.01. The molecule has 1 N–H and O–H groups in total. The van der Waals surface area contributed by atoms with Gasteiger partial charge in [-0.2, -0.15) is 0 Å². The van der Waals surface area contributed by atoms with Gasteiger partial charge in [0.15, 0.2) is 0 Å². The van der Waals surface area contributed by atoms with Gasteiger partial charge in [0.05, 0.1) is 12.1 Å². The van der Waals surface area contributed by atoms with Crippen molar-refractivity contribution in [3.8, 4) is 0 Å². The van der Waals surface area contributed by atoms with E-state index in [-0.39, 0.29) is 6.42 Å². The monoisotopic (exact) mass is 376 g/mol. The predicted molar refractivity (Wildman–Crippen MR) is 75.3 cm³/mol. The first-order chi connectivity index (χ1) is 8.56. The number of carbonyl (C=O) groups is 1. The first-order valence-electron chi connectivity index (χ1n) is 5.82. The third-order valence-electron chi connectivity index (χ3n) is 2.91. The quantitative estimate of drug-likeness (QED) is 0.827. The molecule has 18 heavy (non-hydrogen) atoms. The van der Waals surface area contributed by atoms with Crippen molar-refractivity contribution in [1.29, 1.82) is 0 Å². The van der Waals surface area contributed by atoms with Crippen LogP contribution in [0, 0.1) is 0 Å². The Bertz CT molecular complexity index is 450. The highest BCUT2D eigenvalue weighted by Crippen LogP contribution is 2.30. The standard InChI is InChI=1S/C12H14Br2N2O2/c13-8-5-10(14)11(15-6-8)7-16(9-1-2-9)4-3-12(17)18/h5-6,9H,1-4,7H2,(H,17,18). The Labute approximate surface area is 123 Å². The Hall–Kier alpha value is -0.460. The summed E-state index contributed by atoms with van der Waals surface area (Å²) in [6, 6.07) is 2.49. The molecule has 0 spiro atoms. The summed E-state index contributed by atoms with van der Waals surface area (Å²) in [5, 5.41) is 8.76. The number of carboxylic acid groups (broad SMARTS) is 1. The maximum absolute atomic E-state index is 10.7. The second kappa shape index (κ2) is 6.12. The van der Waals surface area contributed by atoms with Gasteiger partial charge < -0.3 is 5.11 Å². The molecule has 0 aliphatic heterocycles. The molecule has 4 nitrogen and oxygen atoms in total. The van der Waals surface area contributed by atoms with Gasteiger partial charge in [0.2, 0.25) is 0 Å². The maximum atomic E-state index is 10.7. The number of pyridine rings is 1. The Morgan fingerprint density at radius 3 is 2.78 bits per heavy atom. The fourth-order valence-electron chi connectivity index (χ4n) is 1.82. The molecule has 0 bridgehead atoms. The van der Waals surface area contributed by atoms with Gasteiger partial charge >= 0.3 is 5.97 Å². The summed E-state index contributed by atoms with van der Waals surface area (Å²) in [7, 11) is 0. The molecule has 1 aromatic heterocycles. The summed E-state index contributed by atoms with van der Waals surface area (Å²) in [6.07, 6.45) is 4.27. The lowest BCUT2D eigenvalue weighted by Crippen LogP contribution is -2.28. The largest absolute Gasteiger partial charge is 0.481 e. The van der Waals surface area contributed by atoms with Gasteiger partial charge in [0.25, 0.3) is 0 Å². The van der Waals surface area contributed by atoms with Crippen LogP contribution in [0.25, 0.3) is 0 Å². The van der Waals surface area contributed by atoms with Gasteiger partial charge in [-0.3, -0.25) is 14.7 Å². The lowest BCUT2D eigenvalue weighted by Gasteiger charge is -2.21. The summed E-state index contributed by atoms with van der Waals surface area (Å²) in [4.78, 5) is 17.2. The molecule has 1 saturated carbocycles. The van der Waals surface area contributed by atoms with Crippen molar-refractivity contribution in [2.75, 3.05) is 6.54 Å². The Morgan fingerprint density at radius 2 is 2.22 bits per heavy atom. The molecular formula is C12H14Br2N2O2. The van der Waals surface area contributed by atoms with E-state index in [1.165, 1.54) is 0 Å². The molecule has 1 aliphatic rings. The maximum Gasteiger partial charge on any atom is 0.304 e. The second-order valence-electron chi connectivity index (χ2n) is 4.43. The molecule has 0 atom stereocenters. The van der Waals surface area contributed by atoms with Crippen LogP contribution in [0.15, 0.2) is 21.2 Å². The van der Waals surface area contributed by atoms with Crippen molar-refractivity contribution in [2.45, 2.75) is 31.8 Å². The third-order valence-corrected chi connectivity index (χ3v) is 4.03. The van der Waals surface area contributed by atoms with Gasteiger partial charge in [-0.15, -0.1) is 0 Å². The highest BCUT2D eigenvalue weighted by Gasteiger charge is 2.29. The topological polar surface area (TPSA) is 53.4 Å². The van der Waals surface area contributed by atoms with Crippen LogP contribution in [-0.2, 0) is 11.3 Å². The van der Waals surface area contributed by atoms with E-state index in [1.807, 2.05) is 6.07 Å². The van der Waals surface area contributed by atoms with Crippen LogP contribution in [0.4, 0.5) is 0 Å². The van der Waals surface area contributed by atoms with E-state index in [0.29, 0.717) is 19.1 Å². The van der Waals surface area contributed by atoms with E-state index >= 15 is 0 Å². The number of aromatic nitrogens is 1. The minimum absolute atomic E-state index is 0.185. The summed E-state index contributed by atoms with van der Waals surface area (Å²) in [5.41, 5.74) is 0.954. The van der Waals surface area contributed by atoms with E-state index in [4.69, 9.17) is 5.11 Å². The number of hydrogen-bond donors (Lipinski definition) is 1. The van der Waals surface area contributed by atoms with Crippen LogP contribution in [-0.4, -0.2) is 33.5 Å². The molecule has 0 saturated heterocycles. The van der Waals surface area contributed by atoms with Crippen LogP contribution in [0.3, 0.4) is 0 Å². The van der Waals surface area contributed by atoms with Crippen molar-refractivity contribution in [2.24, 2.45) is 0 Å². The van der Waals surface area contributed by atoms with E-state index in [1.54, 1.807) is 6.20 Å². The number of halogens is 2. The molecule has 0 unspecified atom stereocenters. The van der Waals surface area contributed by atoms with Crippen molar-refractivity contribution >= 4 is 37.8 Å².